The van der Waals surface area contributed by atoms with Crippen LogP contribution in [0.25, 0.3) is 0 Å². The SMILES string of the molecule is CN1CCN(Cc2ccc(NC3NCC4C(=O)N5C/C=C\CCCN6C(=O)COC7CCC(NC76)N5C4N3)cc2)CC1. The van der Waals surface area contributed by atoms with Crippen molar-refractivity contribution < 1.29 is 14.3 Å². The smallest absolute Gasteiger partial charge is 0.249 e. The number of benzene rings is 1. The zero-order valence-electron chi connectivity index (χ0n) is 24.6. The number of ether oxygens (including phenoxy) is 1. The van der Waals surface area contributed by atoms with Crippen LogP contribution in [0.2, 0.25) is 0 Å². The number of hydrazine groups is 1. The molecule has 6 heterocycles. The maximum atomic E-state index is 13.7. The van der Waals surface area contributed by atoms with Gasteiger partial charge in [0.2, 0.25) is 11.8 Å². The van der Waals surface area contributed by atoms with E-state index in [0.717, 1.165) is 64.1 Å². The van der Waals surface area contributed by atoms with Crippen LogP contribution < -0.4 is 21.3 Å². The lowest BCUT2D eigenvalue weighted by Crippen LogP contribution is -2.72. The highest BCUT2D eigenvalue weighted by Crippen LogP contribution is 2.33. The minimum Gasteiger partial charge on any atom is -0.365 e. The van der Waals surface area contributed by atoms with Crippen LogP contribution in [-0.2, 0) is 20.9 Å². The molecular weight excluding hydrogens is 534 g/mol. The zero-order valence-corrected chi connectivity index (χ0v) is 24.6. The summed E-state index contributed by atoms with van der Waals surface area (Å²) in [4.78, 5) is 33.4. The van der Waals surface area contributed by atoms with Crippen LogP contribution in [0.5, 0.6) is 0 Å². The van der Waals surface area contributed by atoms with Crippen LogP contribution in [0.15, 0.2) is 36.4 Å². The molecule has 5 fully saturated rings. The van der Waals surface area contributed by atoms with Crippen molar-refractivity contribution in [2.75, 3.05) is 64.8 Å². The highest BCUT2D eigenvalue weighted by molar-refractivity contribution is 5.82. The Balaban J connectivity index is 1.05. The monoisotopic (exact) mass is 579 g/mol. The van der Waals surface area contributed by atoms with Crippen molar-refractivity contribution in [2.24, 2.45) is 5.92 Å². The van der Waals surface area contributed by atoms with Gasteiger partial charge in [-0.15, -0.1) is 0 Å². The third kappa shape index (κ3) is 5.69. The van der Waals surface area contributed by atoms with E-state index in [1.165, 1.54) is 5.56 Å². The van der Waals surface area contributed by atoms with Gasteiger partial charge in [-0.3, -0.25) is 35.4 Å². The lowest BCUT2D eigenvalue weighted by molar-refractivity contribution is -0.176. The summed E-state index contributed by atoms with van der Waals surface area (Å²) in [6, 6.07) is 8.70. The van der Waals surface area contributed by atoms with E-state index in [1.807, 2.05) is 9.91 Å². The molecule has 6 atom stereocenters. The molecule has 0 spiro atoms. The first-order valence-corrected chi connectivity index (χ1v) is 15.7. The average Bonchev–Trinajstić information content (AvgIpc) is 3.27. The second kappa shape index (κ2) is 12.2. The van der Waals surface area contributed by atoms with E-state index in [9.17, 15) is 9.59 Å². The molecule has 6 aliphatic heterocycles. The number of amides is 2. The minimum absolute atomic E-state index is 0.0189. The molecule has 2 amide bonds. The van der Waals surface area contributed by atoms with Crippen LogP contribution in [-0.4, -0.2) is 127 Å². The lowest BCUT2D eigenvalue weighted by atomic mass is 9.99. The molecule has 7 rings (SSSR count). The summed E-state index contributed by atoms with van der Waals surface area (Å²) < 4.78 is 5.94. The molecule has 6 unspecified atom stereocenters. The van der Waals surface area contributed by atoms with Crippen molar-refractivity contribution >= 4 is 17.5 Å². The number of nitrogens with one attached hydrogen (secondary N) is 4. The summed E-state index contributed by atoms with van der Waals surface area (Å²) in [7, 11) is 2.19. The van der Waals surface area contributed by atoms with Gasteiger partial charge < -0.3 is 19.9 Å². The molecule has 2 bridgehead atoms. The van der Waals surface area contributed by atoms with Gasteiger partial charge in [0.1, 0.15) is 19.1 Å². The van der Waals surface area contributed by atoms with Gasteiger partial charge in [0.15, 0.2) is 0 Å². The Morgan fingerprint density at radius 1 is 0.976 bits per heavy atom. The van der Waals surface area contributed by atoms with Crippen molar-refractivity contribution in [3.63, 3.8) is 0 Å². The first kappa shape index (κ1) is 28.2. The number of rotatable bonds is 4. The first-order valence-electron chi connectivity index (χ1n) is 15.7. The highest BCUT2D eigenvalue weighted by Gasteiger charge is 2.53. The van der Waals surface area contributed by atoms with Gasteiger partial charge in [0.25, 0.3) is 0 Å². The van der Waals surface area contributed by atoms with E-state index in [0.29, 0.717) is 19.6 Å². The number of piperidine rings is 1. The molecule has 4 N–H and O–H groups in total. The highest BCUT2D eigenvalue weighted by atomic mass is 16.5. The molecule has 1 aromatic rings. The standard InChI is InChI=1S/C30H45N9O3/c1-35-14-16-36(17-15-35)19-21-6-8-22(9-7-21)32-30-31-18-23-27(34-30)39-25-11-10-24-28(33-25)37(26(40)20-42-24)12-4-2-3-5-13-38(39)29(23)41/h3,5-9,23-25,27-28,30-34H,2,4,10-20H2,1H3/b5-3-. The van der Waals surface area contributed by atoms with Crippen LogP contribution in [0, 0.1) is 5.92 Å². The Kier molecular flexibility index (Phi) is 8.19. The zero-order chi connectivity index (χ0) is 28.6. The lowest BCUT2D eigenvalue weighted by Gasteiger charge is -2.50. The predicted octanol–water partition coefficient (Wildman–Crippen LogP) is -0.0632. The average molecular weight is 580 g/mol. The van der Waals surface area contributed by atoms with Gasteiger partial charge in [-0.25, -0.2) is 0 Å². The number of nitrogens with zero attached hydrogens (tertiary/aromatic N) is 5. The van der Waals surface area contributed by atoms with E-state index in [2.05, 4.69) is 79.5 Å². The van der Waals surface area contributed by atoms with Gasteiger partial charge in [-0.2, -0.15) is 5.01 Å². The number of carbonyl (C=O) groups excluding carboxylic acids is 2. The summed E-state index contributed by atoms with van der Waals surface area (Å²) in [6.45, 7) is 7.43. The molecule has 12 heteroatoms. The number of hydrogen-bond acceptors (Lipinski definition) is 10. The summed E-state index contributed by atoms with van der Waals surface area (Å²) in [5.74, 6) is -0.0333. The summed E-state index contributed by atoms with van der Waals surface area (Å²) in [5.41, 5.74) is 2.35. The molecule has 0 aliphatic carbocycles. The van der Waals surface area contributed by atoms with E-state index in [4.69, 9.17) is 4.74 Å². The second-order valence-electron chi connectivity index (χ2n) is 12.5. The summed E-state index contributed by atoms with van der Waals surface area (Å²) in [5, 5.41) is 18.7. The van der Waals surface area contributed by atoms with Gasteiger partial charge in [-0.05, 0) is 50.4 Å². The number of anilines is 1. The minimum atomic E-state index is -0.201. The molecule has 12 nitrogen and oxygen atoms in total. The maximum Gasteiger partial charge on any atom is 0.249 e. The molecule has 5 saturated heterocycles. The van der Waals surface area contributed by atoms with E-state index in [1.54, 1.807) is 0 Å². The molecule has 1 aromatic carbocycles. The van der Waals surface area contributed by atoms with Crippen molar-refractivity contribution in [1.82, 2.24) is 40.7 Å². The molecule has 42 heavy (non-hydrogen) atoms. The molecule has 0 aromatic heterocycles. The van der Waals surface area contributed by atoms with Crippen molar-refractivity contribution in [2.45, 2.75) is 63.1 Å². The van der Waals surface area contributed by atoms with Crippen LogP contribution >= 0.6 is 0 Å². The second-order valence-corrected chi connectivity index (χ2v) is 12.5. The van der Waals surface area contributed by atoms with Gasteiger partial charge in [-0.1, -0.05) is 24.3 Å². The van der Waals surface area contributed by atoms with Crippen molar-refractivity contribution in [3.05, 3.63) is 42.0 Å². The fourth-order valence-electron chi connectivity index (χ4n) is 7.31. The van der Waals surface area contributed by atoms with Crippen LogP contribution in [0.4, 0.5) is 5.69 Å². The number of piperazine rings is 1. The number of morpholine rings is 1. The molecule has 0 saturated carbocycles. The van der Waals surface area contributed by atoms with Gasteiger partial charge >= 0.3 is 0 Å². The van der Waals surface area contributed by atoms with Gasteiger partial charge in [0.05, 0.1) is 30.9 Å². The molecule has 6 aliphatic rings. The number of allylic oxidation sites excluding steroid dienone is 1. The Bertz CT molecular complexity index is 1160. The third-order valence-corrected chi connectivity index (χ3v) is 9.71. The van der Waals surface area contributed by atoms with Crippen molar-refractivity contribution in [1.29, 1.82) is 0 Å². The fraction of sp³-hybridized carbons (Fsp3) is 0.667. The largest absolute Gasteiger partial charge is 0.365 e. The maximum absolute atomic E-state index is 13.7. The quantitative estimate of drug-likeness (QED) is 0.363. The van der Waals surface area contributed by atoms with E-state index < -0.39 is 0 Å². The van der Waals surface area contributed by atoms with E-state index in [-0.39, 0.29) is 55.2 Å². The topological polar surface area (TPSA) is 108 Å². The Hall–Kier alpha value is -2.58. The number of hydrogen-bond donors (Lipinski definition) is 4. The molecular formula is C30H45N9O3. The number of carbonyl (C=O) groups is 2. The summed E-state index contributed by atoms with van der Waals surface area (Å²) in [6.07, 6.45) is 7.05. The first-order chi connectivity index (χ1) is 20.5. The van der Waals surface area contributed by atoms with Crippen LogP contribution in [0.1, 0.15) is 31.2 Å². The van der Waals surface area contributed by atoms with Crippen molar-refractivity contribution in [3.8, 4) is 0 Å². The predicted molar refractivity (Wildman–Crippen MR) is 158 cm³/mol. The number of fused-ring (bicyclic) bond motifs is 5. The van der Waals surface area contributed by atoms with Gasteiger partial charge in [0, 0.05) is 51.5 Å². The Morgan fingerprint density at radius 3 is 2.64 bits per heavy atom. The Morgan fingerprint density at radius 2 is 1.81 bits per heavy atom. The molecule has 228 valence electrons. The Labute approximate surface area is 248 Å². The fourth-order valence-corrected chi connectivity index (χ4v) is 7.31. The van der Waals surface area contributed by atoms with E-state index >= 15 is 0 Å². The normalized spacial score (nSPS) is 35.6. The molecule has 0 radical (unpaired) electrons. The summed E-state index contributed by atoms with van der Waals surface area (Å²) >= 11 is 0. The van der Waals surface area contributed by atoms with Crippen LogP contribution in [0.3, 0.4) is 0 Å². The third-order valence-electron chi connectivity index (χ3n) is 9.71. The number of likely N-dealkylation sites (N-methyl/N-ethyl adjacent to an activating group) is 1.